The van der Waals surface area contributed by atoms with Gasteiger partial charge in [-0.2, -0.15) is 0 Å². The number of carbonyl (C=O) groups is 1. The molecule has 1 saturated heterocycles. The minimum Gasteiger partial charge on any atom is -0.334 e. The SMILES string of the molecule is CCC(C(=O)N1CCNCC1(C)C)c1ccccc1. The summed E-state index contributed by atoms with van der Waals surface area (Å²) in [4.78, 5) is 14.9. The largest absolute Gasteiger partial charge is 0.334 e. The number of hydrogen-bond donors (Lipinski definition) is 1. The van der Waals surface area contributed by atoms with Gasteiger partial charge < -0.3 is 10.2 Å². The Balaban J connectivity index is 2.21. The fraction of sp³-hybridized carbons (Fsp3) is 0.562. The van der Waals surface area contributed by atoms with Crippen LogP contribution in [0.3, 0.4) is 0 Å². The third-order valence-electron chi connectivity index (χ3n) is 3.97. The van der Waals surface area contributed by atoms with Crippen molar-refractivity contribution in [1.82, 2.24) is 10.2 Å². The number of rotatable bonds is 3. The van der Waals surface area contributed by atoms with E-state index in [1.54, 1.807) is 0 Å². The smallest absolute Gasteiger partial charge is 0.230 e. The van der Waals surface area contributed by atoms with Crippen molar-refractivity contribution in [2.45, 2.75) is 38.6 Å². The summed E-state index contributed by atoms with van der Waals surface area (Å²) in [5, 5.41) is 3.36. The van der Waals surface area contributed by atoms with Crippen molar-refractivity contribution in [1.29, 1.82) is 0 Å². The van der Waals surface area contributed by atoms with E-state index in [1.165, 1.54) is 0 Å². The van der Waals surface area contributed by atoms with Crippen LogP contribution in [0.15, 0.2) is 30.3 Å². The fourth-order valence-electron chi connectivity index (χ4n) is 2.82. The Morgan fingerprint density at radius 1 is 1.37 bits per heavy atom. The van der Waals surface area contributed by atoms with Crippen molar-refractivity contribution < 1.29 is 4.79 Å². The fourth-order valence-corrected chi connectivity index (χ4v) is 2.82. The molecule has 1 unspecified atom stereocenters. The Kier molecular flexibility index (Phi) is 4.25. The molecule has 1 aliphatic heterocycles. The maximum atomic E-state index is 12.8. The van der Waals surface area contributed by atoms with Gasteiger partial charge in [0.05, 0.1) is 5.92 Å². The Bertz CT molecular complexity index is 428. The van der Waals surface area contributed by atoms with Crippen LogP contribution in [0.1, 0.15) is 38.7 Å². The lowest BCUT2D eigenvalue weighted by molar-refractivity contribution is -0.139. The van der Waals surface area contributed by atoms with Crippen LogP contribution in [0.2, 0.25) is 0 Å². The molecule has 0 radical (unpaired) electrons. The van der Waals surface area contributed by atoms with Gasteiger partial charge in [-0.1, -0.05) is 37.3 Å². The minimum absolute atomic E-state index is 0.0152. The zero-order valence-electron chi connectivity index (χ0n) is 12.1. The topological polar surface area (TPSA) is 32.3 Å². The summed E-state index contributed by atoms with van der Waals surface area (Å²) in [7, 11) is 0. The van der Waals surface area contributed by atoms with E-state index in [2.05, 4.69) is 38.2 Å². The van der Waals surface area contributed by atoms with Gasteiger partial charge in [-0.15, -0.1) is 0 Å². The van der Waals surface area contributed by atoms with Gasteiger partial charge in [-0.05, 0) is 25.8 Å². The maximum Gasteiger partial charge on any atom is 0.230 e. The highest BCUT2D eigenvalue weighted by Gasteiger charge is 2.36. The third kappa shape index (κ3) is 2.98. The zero-order chi connectivity index (χ0) is 13.9. The molecule has 2 rings (SSSR count). The first-order valence-corrected chi connectivity index (χ1v) is 7.13. The Morgan fingerprint density at radius 2 is 2.05 bits per heavy atom. The van der Waals surface area contributed by atoms with E-state index >= 15 is 0 Å². The van der Waals surface area contributed by atoms with Gasteiger partial charge in [0, 0.05) is 25.2 Å². The summed E-state index contributed by atoms with van der Waals surface area (Å²) >= 11 is 0. The predicted octanol–water partition coefficient (Wildman–Crippen LogP) is 2.39. The van der Waals surface area contributed by atoms with E-state index in [0.717, 1.165) is 31.6 Å². The summed E-state index contributed by atoms with van der Waals surface area (Å²) in [6.45, 7) is 8.91. The predicted molar refractivity (Wildman–Crippen MR) is 78.1 cm³/mol. The first-order valence-electron chi connectivity index (χ1n) is 7.13. The average Bonchev–Trinajstić information content (AvgIpc) is 2.40. The van der Waals surface area contributed by atoms with Crippen LogP contribution in [0.4, 0.5) is 0 Å². The van der Waals surface area contributed by atoms with E-state index in [1.807, 2.05) is 23.1 Å². The van der Waals surface area contributed by atoms with Gasteiger partial charge in [0.1, 0.15) is 0 Å². The van der Waals surface area contributed by atoms with Crippen molar-refractivity contribution in [3.05, 3.63) is 35.9 Å². The van der Waals surface area contributed by atoms with Gasteiger partial charge in [-0.25, -0.2) is 0 Å². The van der Waals surface area contributed by atoms with Crippen molar-refractivity contribution in [2.75, 3.05) is 19.6 Å². The lowest BCUT2D eigenvalue weighted by atomic mass is 9.91. The molecule has 1 fully saturated rings. The molecule has 3 heteroatoms. The van der Waals surface area contributed by atoms with E-state index in [-0.39, 0.29) is 17.4 Å². The van der Waals surface area contributed by atoms with Crippen LogP contribution in [0.5, 0.6) is 0 Å². The van der Waals surface area contributed by atoms with Gasteiger partial charge in [-0.3, -0.25) is 4.79 Å². The first-order chi connectivity index (χ1) is 9.06. The molecule has 0 aromatic heterocycles. The standard InChI is InChI=1S/C16H24N2O/c1-4-14(13-8-6-5-7-9-13)15(19)18-11-10-17-12-16(18,2)3/h5-9,14,17H,4,10-12H2,1-3H3. The van der Waals surface area contributed by atoms with Crippen molar-refractivity contribution in [3.63, 3.8) is 0 Å². The molecule has 1 N–H and O–H groups in total. The summed E-state index contributed by atoms with van der Waals surface area (Å²) in [6, 6.07) is 10.1. The highest BCUT2D eigenvalue weighted by Crippen LogP contribution is 2.26. The summed E-state index contributed by atoms with van der Waals surface area (Å²) < 4.78 is 0. The van der Waals surface area contributed by atoms with E-state index in [9.17, 15) is 4.79 Å². The van der Waals surface area contributed by atoms with E-state index < -0.39 is 0 Å². The normalized spacial score (nSPS) is 20.1. The van der Waals surface area contributed by atoms with Crippen LogP contribution >= 0.6 is 0 Å². The quantitative estimate of drug-likeness (QED) is 0.905. The second-order valence-electron chi connectivity index (χ2n) is 5.85. The lowest BCUT2D eigenvalue weighted by Crippen LogP contribution is -2.60. The first kappa shape index (κ1) is 14.1. The monoisotopic (exact) mass is 260 g/mol. The van der Waals surface area contributed by atoms with Crippen molar-refractivity contribution in [2.24, 2.45) is 0 Å². The van der Waals surface area contributed by atoms with E-state index in [4.69, 9.17) is 0 Å². The van der Waals surface area contributed by atoms with Crippen molar-refractivity contribution >= 4 is 5.91 Å². The molecule has 0 bridgehead atoms. The molecule has 1 atom stereocenters. The molecule has 3 nitrogen and oxygen atoms in total. The summed E-state index contributed by atoms with van der Waals surface area (Å²) in [5.41, 5.74) is 1.03. The van der Waals surface area contributed by atoms with Gasteiger partial charge >= 0.3 is 0 Å². The highest BCUT2D eigenvalue weighted by atomic mass is 16.2. The van der Waals surface area contributed by atoms with Gasteiger partial charge in [0.15, 0.2) is 0 Å². The average molecular weight is 260 g/mol. The number of piperazine rings is 1. The van der Waals surface area contributed by atoms with Crippen molar-refractivity contribution in [3.8, 4) is 0 Å². The number of amides is 1. The molecule has 1 amide bonds. The van der Waals surface area contributed by atoms with Crippen LogP contribution in [0.25, 0.3) is 0 Å². The lowest BCUT2D eigenvalue weighted by Gasteiger charge is -2.44. The Morgan fingerprint density at radius 3 is 2.63 bits per heavy atom. The molecule has 0 saturated carbocycles. The molecular formula is C16H24N2O. The molecule has 1 aromatic rings. The van der Waals surface area contributed by atoms with Crippen LogP contribution in [-0.2, 0) is 4.79 Å². The summed E-state index contributed by atoms with van der Waals surface area (Å²) in [6.07, 6.45) is 0.850. The number of carbonyl (C=O) groups excluding carboxylic acids is 1. The molecule has 104 valence electrons. The number of benzene rings is 1. The molecule has 19 heavy (non-hydrogen) atoms. The molecule has 1 aliphatic rings. The zero-order valence-corrected chi connectivity index (χ0v) is 12.1. The van der Waals surface area contributed by atoms with Gasteiger partial charge in [0.2, 0.25) is 5.91 Å². The maximum absolute atomic E-state index is 12.8. The molecule has 0 spiro atoms. The third-order valence-corrected chi connectivity index (χ3v) is 3.97. The number of hydrogen-bond acceptors (Lipinski definition) is 2. The molecule has 0 aliphatic carbocycles. The molecular weight excluding hydrogens is 236 g/mol. The Labute approximate surface area is 116 Å². The van der Waals surface area contributed by atoms with E-state index in [0.29, 0.717) is 0 Å². The molecule has 1 aromatic carbocycles. The summed E-state index contributed by atoms with van der Waals surface area (Å²) in [5.74, 6) is 0.249. The molecule has 1 heterocycles. The second kappa shape index (κ2) is 5.74. The van der Waals surface area contributed by atoms with Crippen LogP contribution in [-0.4, -0.2) is 36.0 Å². The van der Waals surface area contributed by atoms with Crippen LogP contribution < -0.4 is 5.32 Å². The van der Waals surface area contributed by atoms with Crippen LogP contribution in [0, 0.1) is 0 Å². The van der Waals surface area contributed by atoms with Gasteiger partial charge in [0.25, 0.3) is 0 Å². The Hall–Kier alpha value is -1.35. The highest BCUT2D eigenvalue weighted by molar-refractivity contribution is 5.84. The number of nitrogens with zero attached hydrogens (tertiary/aromatic N) is 1. The minimum atomic E-state index is -0.0997. The second-order valence-corrected chi connectivity index (χ2v) is 5.85. The number of nitrogens with one attached hydrogen (secondary N) is 1.